The number of hydrogen-bond acceptors (Lipinski definition) is 12. The Morgan fingerprint density at radius 2 is 1.38 bits per heavy atom. The summed E-state index contributed by atoms with van der Waals surface area (Å²) in [5.74, 6) is 0.523. The zero-order chi connectivity index (χ0) is 43.0. The van der Waals surface area contributed by atoms with Gasteiger partial charge in [0.15, 0.2) is 11.5 Å². The molecule has 2 aliphatic heterocycles. The molecule has 5 heterocycles. The van der Waals surface area contributed by atoms with E-state index in [1.165, 1.54) is 6.33 Å². The van der Waals surface area contributed by atoms with Crippen molar-refractivity contribution in [2.75, 3.05) is 56.0 Å². The lowest BCUT2D eigenvalue weighted by Crippen LogP contribution is -2.54. The minimum absolute atomic E-state index is 0. The van der Waals surface area contributed by atoms with Gasteiger partial charge in [-0.2, -0.15) is 0 Å². The van der Waals surface area contributed by atoms with Crippen molar-refractivity contribution >= 4 is 65.6 Å². The maximum Gasteiger partial charge on any atom is 0.317 e. The largest absolute Gasteiger partial charge is 0.389 e. The lowest BCUT2D eigenvalue weighted by molar-refractivity contribution is 0.0187. The first kappa shape index (κ1) is 47.7. The van der Waals surface area contributed by atoms with Crippen molar-refractivity contribution in [3.05, 3.63) is 108 Å². The average molecular weight is 919 g/mol. The number of carbonyl (C=O) groups is 3. The first-order chi connectivity index (χ1) is 30.2. The monoisotopic (exact) mass is 917 g/mol. The van der Waals surface area contributed by atoms with Gasteiger partial charge < -0.3 is 56.9 Å². The van der Waals surface area contributed by atoms with Gasteiger partial charge in [0.25, 0.3) is 5.91 Å². The van der Waals surface area contributed by atoms with Gasteiger partial charge in [-0.3, -0.25) is 4.79 Å². The van der Waals surface area contributed by atoms with Crippen LogP contribution in [0, 0.1) is 0 Å². The highest BCUT2D eigenvalue weighted by Crippen LogP contribution is 2.34. The van der Waals surface area contributed by atoms with Gasteiger partial charge in [0.2, 0.25) is 5.82 Å². The number of aliphatic hydroxyl groups excluding tert-OH is 2. The van der Waals surface area contributed by atoms with Crippen molar-refractivity contribution < 1.29 is 24.6 Å². The molecule has 5 amide bonds. The number of nitrogens with one attached hydrogen (secondary N) is 5. The smallest absolute Gasteiger partial charge is 0.317 e. The van der Waals surface area contributed by atoms with Crippen LogP contribution >= 0.6 is 24.8 Å². The summed E-state index contributed by atoms with van der Waals surface area (Å²) in [5, 5.41) is 36.6. The quantitative estimate of drug-likeness (QED) is 0.0795. The predicted molar refractivity (Wildman–Crippen MR) is 248 cm³/mol. The van der Waals surface area contributed by atoms with E-state index in [-0.39, 0.29) is 80.2 Å². The number of hydrogen-bond donors (Lipinski definition) is 8. The molecule has 0 spiro atoms. The highest BCUT2D eigenvalue weighted by molar-refractivity contribution is 5.94. The Bertz CT molecular complexity index is 2240. The Labute approximate surface area is 384 Å². The second kappa shape index (κ2) is 22.2. The fourth-order valence-electron chi connectivity index (χ4n) is 8.65. The topological polar surface area (TPSA) is 241 Å². The number of aromatic nitrogens is 5. The molecular weight excluding hydrogens is 861 g/mol. The maximum atomic E-state index is 13.6. The van der Waals surface area contributed by atoms with Crippen LogP contribution in [-0.4, -0.2) is 134 Å². The minimum atomic E-state index is -1.16. The third-order valence-corrected chi connectivity index (χ3v) is 12.2. The summed E-state index contributed by atoms with van der Waals surface area (Å²) in [6, 6.07) is 24.4. The highest BCUT2D eigenvalue weighted by Gasteiger charge is 2.41. The Hall–Kier alpha value is -5.79. The third-order valence-electron chi connectivity index (χ3n) is 12.2. The van der Waals surface area contributed by atoms with Crippen molar-refractivity contribution in [3.8, 4) is 0 Å². The predicted octanol–water partition coefficient (Wildman–Crippen LogP) is 3.17. The van der Waals surface area contributed by atoms with Gasteiger partial charge in [0, 0.05) is 76.1 Å². The molecule has 0 bridgehead atoms. The molecule has 0 unspecified atom stereocenters. The van der Waals surface area contributed by atoms with Crippen LogP contribution in [0.2, 0.25) is 0 Å². The molecule has 1 saturated carbocycles. The summed E-state index contributed by atoms with van der Waals surface area (Å²) in [6.45, 7) is 3.40. The Kier molecular flexibility index (Phi) is 16.5. The number of nitrogens with two attached hydrogens (primary N) is 1. The molecule has 3 aromatic heterocycles. The van der Waals surface area contributed by atoms with Crippen molar-refractivity contribution in [2.24, 2.45) is 5.73 Å². The number of urea groups is 2. The van der Waals surface area contributed by atoms with E-state index in [4.69, 9.17) is 5.73 Å². The number of rotatable bonds is 13. The van der Waals surface area contributed by atoms with E-state index in [9.17, 15) is 24.6 Å². The number of aliphatic hydroxyl groups is 2. The number of imidazole rings is 1. The van der Waals surface area contributed by atoms with Gasteiger partial charge in [-0.15, -0.1) is 24.8 Å². The number of piperidine rings is 2. The molecule has 4 atom stereocenters. The highest BCUT2D eigenvalue weighted by atomic mass is 35.5. The number of nitrogens with zero attached hydrogens (tertiary/aromatic N) is 7. The lowest BCUT2D eigenvalue weighted by Gasteiger charge is -2.36. The van der Waals surface area contributed by atoms with E-state index in [1.807, 2.05) is 59.5 Å². The second-order valence-corrected chi connectivity index (χ2v) is 16.2. The number of halogens is 2. The molecule has 342 valence electrons. The summed E-state index contributed by atoms with van der Waals surface area (Å²) in [7, 11) is 0. The maximum absolute atomic E-state index is 13.6. The minimum Gasteiger partial charge on any atom is -0.389 e. The zero-order valence-electron chi connectivity index (χ0n) is 35.3. The number of likely N-dealkylation sites (tertiary alicyclic amines) is 1. The number of benzene rings is 2. The summed E-state index contributed by atoms with van der Waals surface area (Å²) in [4.78, 5) is 61.8. The number of fused-ring (bicyclic) bond motifs is 1. The molecule has 3 aliphatic rings. The van der Waals surface area contributed by atoms with Crippen molar-refractivity contribution in [1.82, 2.24) is 50.7 Å². The van der Waals surface area contributed by atoms with Crippen LogP contribution < -0.4 is 37.2 Å². The van der Waals surface area contributed by atoms with E-state index in [0.717, 1.165) is 42.9 Å². The number of pyridine rings is 1. The van der Waals surface area contributed by atoms with Crippen molar-refractivity contribution in [2.45, 2.75) is 74.4 Å². The van der Waals surface area contributed by atoms with Gasteiger partial charge in [-0.1, -0.05) is 66.7 Å². The van der Waals surface area contributed by atoms with Crippen LogP contribution in [0.15, 0.2) is 91.4 Å². The van der Waals surface area contributed by atoms with Gasteiger partial charge in [0.1, 0.15) is 17.4 Å². The molecule has 0 radical (unpaired) electrons. The molecule has 2 aromatic carbocycles. The Morgan fingerprint density at radius 1 is 0.750 bits per heavy atom. The van der Waals surface area contributed by atoms with E-state index in [0.29, 0.717) is 49.5 Å². The first-order valence-corrected chi connectivity index (χ1v) is 21.5. The summed E-state index contributed by atoms with van der Waals surface area (Å²) in [5.41, 5.74) is 8.98. The van der Waals surface area contributed by atoms with Crippen molar-refractivity contribution in [3.63, 3.8) is 0 Å². The van der Waals surface area contributed by atoms with Crippen molar-refractivity contribution in [1.29, 1.82) is 0 Å². The number of amides is 5. The molecule has 5 aromatic rings. The van der Waals surface area contributed by atoms with Gasteiger partial charge in [0.05, 0.1) is 18.5 Å². The van der Waals surface area contributed by atoms with Crippen LogP contribution in [-0.2, 0) is 0 Å². The van der Waals surface area contributed by atoms with Crippen LogP contribution in [0.3, 0.4) is 0 Å². The molecule has 8 rings (SSSR count). The number of carbonyl (C=O) groups excluding carboxylic acids is 3. The molecule has 18 nitrogen and oxygen atoms in total. The van der Waals surface area contributed by atoms with Gasteiger partial charge >= 0.3 is 12.1 Å². The Balaban J connectivity index is 0.00000340. The fraction of sp³-hybridized carbons (Fsp3) is 0.432. The lowest BCUT2D eigenvalue weighted by atomic mass is 9.91. The number of anilines is 2. The molecule has 1 aliphatic carbocycles. The van der Waals surface area contributed by atoms with Crippen LogP contribution in [0.1, 0.15) is 65.8 Å². The molecule has 2 saturated heterocycles. The van der Waals surface area contributed by atoms with E-state index < -0.39 is 30.2 Å². The Morgan fingerprint density at radius 3 is 2.00 bits per heavy atom. The molecular formula is C44H57Cl2N13O5. The van der Waals surface area contributed by atoms with E-state index >= 15 is 0 Å². The first-order valence-electron chi connectivity index (χ1n) is 21.5. The molecule has 64 heavy (non-hydrogen) atoms. The zero-order valence-corrected chi connectivity index (χ0v) is 37.0. The fourth-order valence-corrected chi connectivity index (χ4v) is 8.65. The average Bonchev–Trinajstić information content (AvgIpc) is 3.85. The summed E-state index contributed by atoms with van der Waals surface area (Å²) >= 11 is 0. The summed E-state index contributed by atoms with van der Waals surface area (Å²) in [6.07, 6.45) is 4.27. The molecule has 20 heteroatoms. The molecule has 9 N–H and O–H groups in total. The third kappa shape index (κ3) is 11.3. The van der Waals surface area contributed by atoms with E-state index in [2.05, 4.69) is 75.7 Å². The van der Waals surface area contributed by atoms with Gasteiger partial charge in [-0.05, 0) is 55.4 Å². The van der Waals surface area contributed by atoms with Gasteiger partial charge in [-0.25, -0.2) is 29.5 Å². The summed E-state index contributed by atoms with van der Waals surface area (Å²) < 4.78 is 1.64. The second-order valence-electron chi connectivity index (χ2n) is 16.2. The van der Waals surface area contributed by atoms with Crippen LogP contribution in [0.25, 0.3) is 11.2 Å². The normalized spacial score (nSPS) is 20.2. The van der Waals surface area contributed by atoms with Crippen LogP contribution in [0.4, 0.5) is 21.2 Å². The van der Waals surface area contributed by atoms with Crippen LogP contribution in [0.5, 0.6) is 0 Å². The SMILES string of the molecule is Cl.Cl.N[C@H]1C[C@@H](n2cnc3c(NCC(c4ccccc4)c4ccccc4)nc(C(=O)NCCNC(=O)NC4CCN(C(=O)NC5CCN(c6ccccn6)CC5)CC4)nc32)[C@H](O)[C@@H]1O. The van der Waals surface area contributed by atoms with E-state index in [1.54, 1.807) is 10.8 Å². The molecule has 3 fully saturated rings. The standard InChI is InChI=1S/C44H55N13O5.2ClH/c45-33-25-34(38(59)37(33)58)57-27-50-36-39(49-26-32(28-9-3-1-4-10-28)29-11-5-2-6-12-29)53-40(54-41(36)57)42(60)47-19-20-48-43(61)51-30-16-23-56(24-17-30)44(62)52-31-14-21-55(22-15-31)35-13-7-8-18-46-35;;/h1-13,18,27,30-34,37-38,58-59H,14-17,19-26,45H2,(H,47,60)(H,52,62)(H2,48,51,61)(H,49,53,54);2*1H/t33-,34+,37+,38-;;/m0../s1.